The molecule has 0 bridgehead atoms. The minimum atomic E-state index is -4.57. The van der Waals surface area contributed by atoms with E-state index in [1.807, 2.05) is 32.0 Å². The Morgan fingerprint density at radius 1 is 1.17 bits per heavy atom. The molecule has 5 heteroatoms. The summed E-state index contributed by atoms with van der Waals surface area (Å²) in [4.78, 5) is 0. The monoisotopic (exact) mass is 261 g/mol. The standard InChI is InChI=1S/C13H18F3NO/c1-8-4-9(2)6-11(5-8)10(3)17-7-12(18)13(14,15)16/h4-6,10,12,17-18H,7H2,1-3H3. The first-order valence-electron chi connectivity index (χ1n) is 5.76. The fourth-order valence-corrected chi connectivity index (χ4v) is 1.78. The third kappa shape index (κ3) is 4.31. The Hall–Kier alpha value is -1.07. The molecule has 0 spiro atoms. The van der Waals surface area contributed by atoms with Gasteiger partial charge >= 0.3 is 6.18 Å². The van der Waals surface area contributed by atoms with Gasteiger partial charge in [-0.3, -0.25) is 0 Å². The lowest BCUT2D eigenvalue weighted by atomic mass is 10.0. The molecule has 1 aromatic rings. The lowest BCUT2D eigenvalue weighted by Gasteiger charge is -2.20. The first-order chi connectivity index (χ1) is 8.20. The molecular weight excluding hydrogens is 243 g/mol. The number of halogens is 3. The van der Waals surface area contributed by atoms with Crippen LogP contribution in [0.3, 0.4) is 0 Å². The van der Waals surface area contributed by atoms with Crippen LogP contribution in [0.1, 0.15) is 29.7 Å². The van der Waals surface area contributed by atoms with Crippen molar-refractivity contribution in [3.8, 4) is 0 Å². The van der Waals surface area contributed by atoms with E-state index in [9.17, 15) is 13.2 Å². The second-order valence-corrected chi connectivity index (χ2v) is 4.61. The molecule has 18 heavy (non-hydrogen) atoms. The zero-order chi connectivity index (χ0) is 13.9. The van der Waals surface area contributed by atoms with E-state index in [0.717, 1.165) is 16.7 Å². The van der Waals surface area contributed by atoms with Crippen LogP contribution in [0.25, 0.3) is 0 Å². The first kappa shape index (κ1) is 15.0. The highest BCUT2D eigenvalue weighted by atomic mass is 19.4. The predicted octanol–water partition coefficient (Wildman–Crippen LogP) is 2.88. The third-order valence-corrected chi connectivity index (χ3v) is 2.74. The van der Waals surface area contributed by atoms with Crippen LogP contribution in [0.15, 0.2) is 18.2 Å². The number of aliphatic hydroxyl groups excluding tert-OH is 1. The average molecular weight is 261 g/mol. The molecule has 0 heterocycles. The number of hydrogen-bond donors (Lipinski definition) is 2. The molecule has 0 saturated heterocycles. The number of aliphatic hydroxyl groups is 1. The lowest BCUT2D eigenvalue weighted by Crippen LogP contribution is -2.39. The van der Waals surface area contributed by atoms with Gasteiger partial charge in [0.2, 0.25) is 0 Å². The van der Waals surface area contributed by atoms with Crippen LogP contribution in [0, 0.1) is 13.8 Å². The Bertz CT molecular complexity index is 383. The predicted molar refractivity (Wildman–Crippen MR) is 64.4 cm³/mol. The van der Waals surface area contributed by atoms with Gasteiger partial charge in [-0.2, -0.15) is 13.2 Å². The minimum absolute atomic E-state index is 0.236. The second kappa shape index (κ2) is 5.71. The van der Waals surface area contributed by atoms with Gasteiger partial charge in [-0.05, 0) is 26.3 Å². The maximum atomic E-state index is 12.1. The number of alkyl halides is 3. The zero-order valence-corrected chi connectivity index (χ0v) is 10.7. The van der Waals surface area contributed by atoms with Crippen LogP contribution < -0.4 is 5.32 Å². The first-order valence-corrected chi connectivity index (χ1v) is 5.76. The normalized spacial score (nSPS) is 15.5. The van der Waals surface area contributed by atoms with Crippen molar-refractivity contribution >= 4 is 0 Å². The summed E-state index contributed by atoms with van der Waals surface area (Å²) in [5.74, 6) is 0. The summed E-state index contributed by atoms with van der Waals surface area (Å²) >= 11 is 0. The van der Waals surface area contributed by atoms with E-state index in [-0.39, 0.29) is 6.04 Å². The van der Waals surface area contributed by atoms with Gasteiger partial charge in [-0.1, -0.05) is 29.3 Å². The molecule has 2 N–H and O–H groups in total. The number of hydrogen-bond acceptors (Lipinski definition) is 2. The summed E-state index contributed by atoms with van der Waals surface area (Å²) in [5, 5.41) is 11.6. The smallest absolute Gasteiger partial charge is 0.382 e. The Morgan fingerprint density at radius 2 is 1.67 bits per heavy atom. The van der Waals surface area contributed by atoms with Crippen molar-refractivity contribution < 1.29 is 18.3 Å². The number of benzene rings is 1. The van der Waals surface area contributed by atoms with Gasteiger partial charge in [0.25, 0.3) is 0 Å². The van der Waals surface area contributed by atoms with E-state index in [4.69, 9.17) is 5.11 Å². The molecule has 2 atom stereocenters. The molecule has 0 aromatic heterocycles. The van der Waals surface area contributed by atoms with Gasteiger partial charge in [0.1, 0.15) is 0 Å². The van der Waals surface area contributed by atoms with E-state index in [2.05, 4.69) is 5.32 Å². The second-order valence-electron chi connectivity index (χ2n) is 4.61. The van der Waals surface area contributed by atoms with Crippen LogP contribution in [0.5, 0.6) is 0 Å². The van der Waals surface area contributed by atoms with Gasteiger partial charge in [0.05, 0.1) is 0 Å². The summed E-state index contributed by atoms with van der Waals surface area (Å²) in [6.07, 6.45) is -6.90. The van der Waals surface area contributed by atoms with Gasteiger partial charge < -0.3 is 10.4 Å². The summed E-state index contributed by atoms with van der Waals surface area (Å²) in [6.45, 7) is 5.15. The topological polar surface area (TPSA) is 32.3 Å². The van der Waals surface area contributed by atoms with Gasteiger partial charge in [0, 0.05) is 12.6 Å². The van der Waals surface area contributed by atoms with Crippen LogP contribution >= 0.6 is 0 Å². The molecule has 0 aliphatic rings. The van der Waals surface area contributed by atoms with Crippen LogP contribution in [-0.2, 0) is 0 Å². The fraction of sp³-hybridized carbons (Fsp3) is 0.538. The maximum Gasteiger partial charge on any atom is 0.415 e. The highest BCUT2D eigenvalue weighted by Gasteiger charge is 2.37. The van der Waals surface area contributed by atoms with Crippen molar-refractivity contribution in [3.05, 3.63) is 34.9 Å². The summed E-state index contributed by atoms with van der Waals surface area (Å²) in [6, 6.07) is 5.61. The minimum Gasteiger partial charge on any atom is -0.382 e. The highest BCUT2D eigenvalue weighted by molar-refractivity contribution is 5.30. The molecule has 1 rings (SSSR count). The quantitative estimate of drug-likeness (QED) is 0.873. The Kier molecular flexibility index (Phi) is 4.76. The lowest BCUT2D eigenvalue weighted by molar-refractivity contribution is -0.202. The van der Waals surface area contributed by atoms with Gasteiger partial charge in [-0.25, -0.2) is 0 Å². The van der Waals surface area contributed by atoms with Gasteiger partial charge in [0.15, 0.2) is 6.10 Å². The highest BCUT2D eigenvalue weighted by Crippen LogP contribution is 2.21. The zero-order valence-electron chi connectivity index (χ0n) is 10.7. The fourth-order valence-electron chi connectivity index (χ4n) is 1.78. The molecule has 0 aliphatic carbocycles. The van der Waals surface area contributed by atoms with Crippen molar-refractivity contribution in [2.45, 2.75) is 39.1 Å². The molecule has 0 fully saturated rings. The Labute approximate surface area is 105 Å². The molecule has 2 nitrogen and oxygen atoms in total. The number of rotatable bonds is 4. The van der Waals surface area contributed by atoms with Crippen molar-refractivity contribution in [2.24, 2.45) is 0 Å². The van der Waals surface area contributed by atoms with Crippen molar-refractivity contribution in [1.29, 1.82) is 0 Å². The van der Waals surface area contributed by atoms with E-state index in [1.165, 1.54) is 0 Å². The number of aryl methyl sites for hydroxylation is 2. The molecule has 1 aromatic carbocycles. The van der Waals surface area contributed by atoms with Crippen LogP contribution in [-0.4, -0.2) is 23.9 Å². The SMILES string of the molecule is Cc1cc(C)cc(C(C)NCC(O)C(F)(F)F)c1. The van der Waals surface area contributed by atoms with Crippen molar-refractivity contribution in [2.75, 3.05) is 6.54 Å². The molecule has 102 valence electrons. The van der Waals surface area contributed by atoms with E-state index in [0.29, 0.717) is 0 Å². The molecule has 0 amide bonds. The van der Waals surface area contributed by atoms with Crippen molar-refractivity contribution in [3.63, 3.8) is 0 Å². The third-order valence-electron chi connectivity index (χ3n) is 2.74. The molecule has 0 saturated carbocycles. The summed E-state index contributed by atoms with van der Waals surface area (Å²) in [7, 11) is 0. The van der Waals surface area contributed by atoms with E-state index >= 15 is 0 Å². The van der Waals surface area contributed by atoms with Gasteiger partial charge in [-0.15, -0.1) is 0 Å². The van der Waals surface area contributed by atoms with Crippen LogP contribution in [0.4, 0.5) is 13.2 Å². The largest absolute Gasteiger partial charge is 0.415 e. The van der Waals surface area contributed by atoms with E-state index < -0.39 is 18.8 Å². The Morgan fingerprint density at radius 3 is 2.11 bits per heavy atom. The number of nitrogens with one attached hydrogen (secondary N) is 1. The molecule has 0 radical (unpaired) electrons. The van der Waals surface area contributed by atoms with Crippen LogP contribution in [0.2, 0.25) is 0 Å². The summed E-state index contributed by atoms with van der Waals surface area (Å²) < 4.78 is 36.4. The molecule has 2 unspecified atom stereocenters. The van der Waals surface area contributed by atoms with E-state index in [1.54, 1.807) is 6.92 Å². The average Bonchev–Trinajstić information content (AvgIpc) is 2.22. The van der Waals surface area contributed by atoms with Crippen molar-refractivity contribution in [1.82, 2.24) is 5.32 Å². The maximum absolute atomic E-state index is 12.1. The molecular formula is C13H18F3NO. The molecule has 0 aliphatic heterocycles. The summed E-state index contributed by atoms with van der Waals surface area (Å²) in [5.41, 5.74) is 3.05. The Balaban J connectivity index is 2.63.